The third kappa shape index (κ3) is 0.968. The van der Waals surface area contributed by atoms with Gasteiger partial charge in [0, 0.05) is 28.7 Å². The molecule has 2 heterocycles. The molecular formula is C17H10N2. The van der Waals surface area contributed by atoms with Gasteiger partial charge >= 0.3 is 0 Å². The summed E-state index contributed by atoms with van der Waals surface area (Å²) in [5, 5.41) is 2.65. The first-order chi connectivity index (χ1) is 9.45. The minimum absolute atomic E-state index is 1.18. The van der Waals surface area contributed by atoms with Crippen LogP contribution in [0.2, 0.25) is 0 Å². The van der Waals surface area contributed by atoms with E-state index in [1.165, 1.54) is 38.7 Å². The molecule has 0 aliphatic heterocycles. The highest BCUT2D eigenvalue weighted by Crippen LogP contribution is 2.48. The van der Waals surface area contributed by atoms with E-state index in [2.05, 4.69) is 58.0 Å². The van der Waals surface area contributed by atoms with E-state index in [1.807, 2.05) is 12.4 Å². The number of hydrogen-bond acceptors (Lipinski definition) is 1. The number of rotatable bonds is 0. The Hall–Kier alpha value is -2.61. The van der Waals surface area contributed by atoms with Crippen LogP contribution < -0.4 is 0 Å². The van der Waals surface area contributed by atoms with Crippen LogP contribution in [0.3, 0.4) is 0 Å². The average molecular weight is 242 g/mol. The summed E-state index contributed by atoms with van der Waals surface area (Å²) in [6.45, 7) is 0. The van der Waals surface area contributed by atoms with Crippen LogP contribution in [0.5, 0.6) is 0 Å². The topological polar surface area (TPSA) is 17.3 Å². The third-order valence-electron chi connectivity index (χ3n) is 4.05. The molecule has 0 spiro atoms. The molecule has 2 aromatic carbocycles. The summed E-state index contributed by atoms with van der Waals surface area (Å²) in [6.07, 6.45) is 5.85. The van der Waals surface area contributed by atoms with Crippen LogP contribution in [0.4, 0.5) is 0 Å². The lowest BCUT2D eigenvalue weighted by atomic mass is 10.0. The second kappa shape index (κ2) is 3.04. The van der Waals surface area contributed by atoms with Crippen LogP contribution in [-0.4, -0.2) is 9.38 Å². The van der Waals surface area contributed by atoms with Gasteiger partial charge in [-0.2, -0.15) is 0 Å². The molecule has 0 fully saturated rings. The largest absolute Gasteiger partial charge is 0.312 e. The fourth-order valence-corrected chi connectivity index (χ4v) is 3.31. The fourth-order valence-electron chi connectivity index (χ4n) is 3.31. The Balaban J connectivity index is 2.17. The van der Waals surface area contributed by atoms with Crippen LogP contribution >= 0.6 is 0 Å². The molecule has 0 saturated heterocycles. The number of benzene rings is 2. The molecule has 1 aliphatic rings. The maximum Gasteiger partial charge on any atom is 0.0719 e. The van der Waals surface area contributed by atoms with Crippen molar-refractivity contribution >= 4 is 16.3 Å². The van der Waals surface area contributed by atoms with E-state index in [-0.39, 0.29) is 0 Å². The molecule has 0 atom stereocenters. The van der Waals surface area contributed by atoms with Crippen molar-refractivity contribution in [3.8, 4) is 22.4 Å². The highest BCUT2D eigenvalue weighted by molar-refractivity contribution is 6.19. The number of hydrogen-bond donors (Lipinski definition) is 0. The molecule has 0 saturated carbocycles. The first-order valence-electron chi connectivity index (χ1n) is 6.42. The number of fused-ring (bicyclic) bond motifs is 6. The molecule has 0 N–H and O–H groups in total. The zero-order chi connectivity index (χ0) is 12.4. The van der Waals surface area contributed by atoms with Gasteiger partial charge in [0.05, 0.1) is 17.4 Å². The number of nitrogens with zero attached hydrogens (tertiary/aromatic N) is 2. The summed E-state index contributed by atoms with van der Waals surface area (Å²) in [7, 11) is 0. The standard InChI is InChI=1S/C17H10N2/c1-2-5-13-11(4-1)12-6-3-7-14-15-10-18-8-9-19(15)17(13)16(12)14/h1-10H. The first-order valence-corrected chi connectivity index (χ1v) is 6.42. The Labute approximate surface area is 110 Å². The zero-order valence-electron chi connectivity index (χ0n) is 10.2. The van der Waals surface area contributed by atoms with Crippen molar-refractivity contribution < 1.29 is 0 Å². The van der Waals surface area contributed by atoms with Crippen LogP contribution in [0.15, 0.2) is 61.1 Å². The van der Waals surface area contributed by atoms with Crippen molar-refractivity contribution in [2.24, 2.45) is 0 Å². The van der Waals surface area contributed by atoms with E-state index in [0.29, 0.717) is 0 Å². The van der Waals surface area contributed by atoms with Gasteiger partial charge in [-0.25, -0.2) is 0 Å². The Kier molecular flexibility index (Phi) is 1.49. The lowest BCUT2D eigenvalue weighted by molar-refractivity contribution is 1.15. The molecule has 4 aromatic rings. The van der Waals surface area contributed by atoms with Crippen molar-refractivity contribution in [3.63, 3.8) is 0 Å². The summed E-state index contributed by atoms with van der Waals surface area (Å²) >= 11 is 0. The zero-order valence-corrected chi connectivity index (χ0v) is 10.2. The minimum atomic E-state index is 1.18. The average Bonchev–Trinajstić information content (AvgIpc) is 2.99. The van der Waals surface area contributed by atoms with Crippen LogP contribution in [-0.2, 0) is 0 Å². The van der Waals surface area contributed by atoms with Crippen LogP contribution in [0.25, 0.3) is 38.7 Å². The van der Waals surface area contributed by atoms with Gasteiger partial charge in [-0.3, -0.25) is 4.98 Å². The Morgan fingerprint density at radius 1 is 0.842 bits per heavy atom. The summed E-state index contributed by atoms with van der Waals surface area (Å²) in [6, 6.07) is 15.2. The van der Waals surface area contributed by atoms with Gasteiger partial charge in [0.1, 0.15) is 0 Å². The van der Waals surface area contributed by atoms with Gasteiger partial charge in [-0.1, -0.05) is 42.5 Å². The van der Waals surface area contributed by atoms with Gasteiger partial charge in [0.15, 0.2) is 0 Å². The summed E-state index contributed by atoms with van der Waals surface area (Å²) in [5.74, 6) is 0. The monoisotopic (exact) mass is 242 g/mol. The highest BCUT2D eigenvalue weighted by atomic mass is 14.9. The predicted molar refractivity (Wildman–Crippen MR) is 77.1 cm³/mol. The van der Waals surface area contributed by atoms with Crippen molar-refractivity contribution in [1.29, 1.82) is 0 Å². The minimum Gasteiger partial charge on any atom is -0.312 e. The maximum absolute atomic E-state index is 4.27. The Morgan fingerprint density at radius 3 is 2.63 bits per heavy atom. The molecule has 0 bridgehead atoms. The van der Waals surface area contributed by atoms with Crippen molar-refractivity contribution in [1.82, 2.24) is 9.38 Å². The molecule has 19 heavy (non-hydrogen) atoms. The van der Waals surface area contributed by atoms with E-state index in [0.717, 1.165) is 0 Å². The molecule has 2 nitrogen and oxygen atoms in total. The lowest BCUT2D eigenvalue weighted by Gasteiger charge is -2.04. The molecule has 2 aromatic heterocycles. The molecule has 2 heteroatoms. The molecule has 0 amide bonds. The van der Waals surface area contributed by atoms with Gasteiger partial charge in [-0.15, -0.1) is 0 Å². The Morgan fingerprint density at radius 2 is 1.68 bits per heavy atom. The summed E-state index contributed by atoms with van der Waals surface area (Å²) in [5.41, 5.74) is 6.48. The van der Waals surface area contributed by atoms with E-state index < -0.39 is 0 Å². The van der Waals surface area contributed by atoms with Crippen molar-refractivity contribution in [2.75, 3.05) is 0 Å². The SMILES string of the molecule is c1ccc2c(c1)-c1cccc3c1c-2n1ccncc31. The van der Waals surface area contributed by atoms with Gasteiger partial charge in [0.2, 0.25) is 0 Å². The lowest BCUT2D eigenvalue weighted by Crippen LogP contribution is -1.87. The second-order valence-corrected chi connectivity index (χ2v) is 4.95. The fraction of sp³-hybridized carbons (Fsp3) is 0. The third-order valence-corrected chi connectivity index (χ3v) is 4.05. The van der Waals surface area contributed by atoms with Crippen LogP contribution in [0, 0.1) is 0 Å². The maximum atomic E-state index is 4.27. The second-order valence-electron chi connectivity index (χ2n) is 4.95. The van der Waals surface area contributed by atoms with Gasteiger partial charge in [0.25, 0.3) is 0 Å². The van der Waals surface area contributed by atoms with Crippen molar-refractivity contribution in [2.45, 2.75) is 0 Å². The highest BCUT2D eigenvalue weighted by Gasteiger charge is 2.25. The molecule has 1 aliphatic carbocycles. The molecule has 0 unspecified atom stereocenters. The first kappa shape index (κ1) is 9.34. The molecular weight excluding hydrogens is 232 g/mol. The van der Waals surface area contributed by atoms with E-state index in [1.54, 1.807) is 0 Å². The molecule has 5 rings (SSSR count). The normalized spacial score (nSPS) is 12.2. The van der Waals surface area contributed by atoms with Crippen molar-refractivity contribution in [3.05, 3.63) is 61.1 Å². The molecule has 88 valence electrons. The smallest absolute Gasteiger partial charge is 0.0719 e. The van der Waals surface area contributed by atoms with E-state index in [4.69, 9.17) is 0 Å². The molecule has 0 radical (unpaired) electrons. The van der Waals surface area contributed by atoms with Gasteiger partial charge in [-0.05, 0) is 11.1 Å². The summed E-state index contributed by atoms with van der Waals surface area (Å²) < 4.78 is 2.26. The van der Waals surface area contributed by atoms with E-state index in [9.17, 15) is 0 Å². The Bertz CT molecular complexity index is 963. The predicted octanol–water partition coefficient (Wildman–Crippen LogP) is 4.13. The number of aromatic nitrogens is 2. The quantitative estimate of drug-likeness (QED) is 0.399. The van der Waals surface area contributed by atoms with E-state index >= 15 is 0 Å². The summed E-state index contributed by atoms with van der Waals surface area (Å²) in [4.78, 5) is 4.27. The van der Waals surface area contributed by atoms with Crippen LogP contribution in [0.1, 0.15) is 0 Å². The van der Waals surface area contributed by atoms with Gasteiger partial charge < -0.3 is 4.40 Å².